The van der Waals surface area contributed by atoms with E-state index in [1.54, 1.807) is 23.1 Å². The maximum absolute atomic E-state index is 5.97. The van der Waals surface area contributed by atoms with Gasteiger partial charge in [0.05, 0.1) is 19.3 Å². The smallest absolute Gasteiger partial charge is 0.256 e. The van der Waals surface area contributed by atoms with Gasteiger partial charge >= 0.3 is 0 Å². The molecule has 1 aliphatic heterocycles. The predicted octanol–water partition coefficient (Wildman–Crippen LogP) is 0.936. The largest absolute Gasteiger partial charge is 0.377 e. The van der Waals surface area contributed by atoms with Gasteiger partial charge in [-0.2, -0.15) is 20.1 Å². The average Bonchev–Trinajstić information content (AvgIpc) is 2.92. The quantitative estimate of drug-likeness (QED) is 0.815. The SMILES string of the molecule is CC1COCCN1c1nc(Cl)nc(-n2cccn2)n1. The lowest BCUT2D eigenvalue weighted by Gasteiger charge is -2.33. The molecule has 0 spiro atoms. The molecule has 1 saturated heterocycles. The topological polar surface area (TPSA) is 69.0 Å². The highest BCUT2D eigenvalue weighted by Crippen LogP contribution is 2.17. The fraction of sp³-hybridized carbons (Fsp3) is 0.455. The van der Waals surface area contributed by atoms with Crippen LogP contribution in [0.2, 0.25) is 5.28 Å². The van der Waals surface area contributed by atoms with E-state index in [-0.39, 0.29) is 11.3 Å². The Balaban J connectivity index is 1.97. The van der Waals surface area contributed by atoms with Crippen molar-refractivity contribution < 1.29 is 4.74 Å². The van der Waals surface area contributed by atoms with Gasteiger partial charge in [-0.1, -0.05) is 0 Å². The Hall–Kier alpha value is -1.73. The van der Waals surface area contributed by atoms with Crippen LogP contribution < -0.4 is 4.90 Å². The minimum absolute atomic E-state index is 0.161. The van der Waals surface area contributed by atoms with Crippen molar-refractivity contribution in [1.82, 2.24) is 24.7 Å². The van der Waals surface area contributed by atoms with Gasteiger partial charge in [-0.05, 0) is 24.6 Å². The lowest BCUT2D eigenvalue weighted by atomic mass is 10.3. The first-order valence-corrected chi connectivity index (χ1v) is 6.38. The molecule has 100 valence electrons. The van der Waals surface area contributed by atoms with E-state index in [4.69, 9.17) is 16.3 Å². The van der Waals surface area contributed by atoms with Gasteiger partial charge in [0.25, 0.3) is 5.95 Å². The third kappa shape index (κ3) is 2.52. The van der Waals surface area contributed by atoms with Crippen LogP contribution in [0.15, 0.2) is 18.5 Å². The summed E-state index contributed by atoms with van der Waals surface area (Å²) in [6, 6.07) is 2.01. The summed E-state index contributed by atoms with van der Waals surface area (Å²) in [6.45, 7) is 4.11. The van der Waals surface area contributed by atoms with Crippen molar-refractivity contribution in [1.29, 1.82) is 0 Å². The first kappa shape index (κ1) is 12.3. The van der Waals surface area contributed by atoms with Gasteiger partial charge in [0.2, 0.25) is 11.2 Å². The summed E-state index contributed by atoms with van der Waals surface area (Å²) in [4.78, 5) is 14.7. The Kier molecular flexibility index (Phi) is 3.31. The Morgan fingerprint density at radius 3 is 2.89 bits per heavy atom. The molecule has 0 bridgehead atoms. The van der Waals surface area contributed by atoms with E-state index >= 15 is 0 Å². The average molecular weight is 281 g/mol. The summed E-state index contributed by atoms with van der Waals surface area (Å²) >= 11 is 5.97. The molecule has 2 aromatic rings. The van der Waals surface area contributed by atoms with Crippen molar-refractivity contribution in [2.75, 3.05) is 24.7 Å². The van der Waals surface area contributed by atoms with Crippen LogP contribution in [-0.2, 0) is 4.74 Å². The number of rotatable bonds is 2. The molecule has 19 heavy (non-hydrogen) atoms. The number of hydrogen-bond acceptors (Lipinski definition) is 6. The van der Waals surface area contributed by atoms with Crippen LogP contribution in [0.3, 0.4) is 0 Å². The van der Waals surface area contributed by atoms with E-state index < -0.39 is 0 Å². The van der Waals surface area contributed by atoms with E-state index in [2.05, 4.69) is 31.9 Å². The minimum Gasteiger partial charge on any atom is -0.377 e. The number of halogens is 1. The zero-order valence-electron chi connectivity index (χ0n) is 10.4. The molecular weight excluding hydrogens is 268 g/mol. The Morgan fingerprint density at radius 2 is 2.16 bits per heavy atom. The van der Waals surface area contributed by atoms with Crippen molar-refractivity contribution in [3.63, 3.8) is 0 Å². The maximum Gasteiger partial charge on any atom is 0.256 e. The standard InChI is InChI=1S/C11H13ClN6O/c1-8-7-19-6-5-17(8)10-14-9(12)15-11(16-10)18-4-2-3-13-18/h2-4,8H,5-7H2,1H3. The van der Waals surface area contributed by atoms with Crippen molar-refractivity contribution in [2.45, 2.75) is 13.0 Å². The van der Waals surface area contributed by atoms with E-state index in [1.165, 1.54) is 0 Å². The Bertz CT molecular complexity index is 560. The van der Waals surface area contributed by atoms with Gasteiger partial charge in [0.15, 0.2) is 0 Å². The van der Waals surface area contributed by atoms with Crippen LogP contribution in [0.25, 0.3) is 5.95 Å². The summed E-state index contributed by atoms with van der Waals surface area (Å²) in [5.74, 6) is 0.972. The van der Waals surface area contributed by atoms with Crippen molar-refractivity contribution in [3.05, 3.63) is 23.7 Å². The van der Waals surface area contributed by atoms with Gasteiger partial charge < -0.3 is 9.64 Å². The molecule has 0 saturated carbocycles. The highest BCUT2D eigenvalue weighted by atomic mass is 35.5. The van der Waals surface area contributed by atoms with Crippen LogP contribution in [0.5, 0.6) is 0 Å². The highest BCUT2D eigenvalue weighted by molar-refractivity contribution is 6.28. The number of morpholine rings is 1. The fourth-order valence-electron chi connectivity index (χ4n) is 1.97. The number of hydrogen-bond donors (Lipinski definition) is 0. The lowest BCUT2D eigenvalue weighted by molar-refractivity contribution is 0.0980. The Labute approximate surface area is 115 Å². The van der Waals surface area contributed by atoms with E-state index in [1.807, 2.05) is 0 Å². The second-order valence-electron chi connectivity index (χ2n) is 4.27. The van der Waals surface area contributed by atoms with Crippen molar-refractivity contribution >= 4 is 17.5 Å². The second kappa shape index (κ2) is 5.10. The molecule has 1 aliphatic rings. The highest BCUT2D eigenvalue weighted by Gasteiger charge is 2.22. The molecule has 0 aromatic carbocycles. The minimum atomic E-state index is 0.161. The molecule has 7 nitrogen and oxygen atoms in total. The van der Waals surface area contributed by atoms with Gasteiger partial charge in [0, 0.05) is 18.9 Å². The number of nitrogens with zero attached hydrogens (tertiary/aromatic N) is 6. The van der Waals surface area contributed by atoms with Crippen molar-refractivity contribution in [2.24, 2.45) is 0 Å². The van der Waals surface area contributed by atoms with Gasteiger partial charge in [-0.25, -0.2) is 4.68 Å². The molecule has 2 aromatic heterocycles. The summed E-state index contributed by atoms with van der Waals surface area (Å²) < 4.78 is 6.96. The summed E-state index contributed by atoms with van der Waals surface area (Å²) in [5, 5.41) is 4.26. The molecule has 3 heterocycles. The molecule has 1 atom stereocenters. The molecule has 1 unspecified atom stereocenters. The first-order valence-electron chi connectivity index (χ1n) is 6.00. The van der Waals surface area contributed by atoms with Crippen LogP contribution in [0.1, 0.15) is 6.92 Å². The lowest BCUT2D eigenvalue weighted by Crippen LogP contribution is -2.44. The van der Waals surface area contributed by atoms with Crippen LogP contribution in [-0.4, -0.2) is 50.5 Å². The van der Waals surface area contributed by atoms with Crippen LogP contribution >= 0.6 is 11.6 Å². The monoisotopic (exact) mass is 280 g/mol. The molecule has 0 amide bonds. The fourth-order valence-corrected chi connectivity index (χ4v) is 2.12. The number of ether oxygens (including phenoxy) is 1. The molecule has 8 heteroatoms. The molecule has 0 radical (unpaired) electrons. The second-order valence-corrected chi connectivity index (χ2v) is 4.61. The summed E-state index contributed by atoms with van der Waals surface area (Å²) in [6.07, 6.45) is 3.42. The molecule has 0 aliphatic carbocycles. The van der Waals surface area contributed by atoms with Crippen molar-refractivity contribution in [3.8, 4) is 5.95 Å². The number of anilines is 1. The molecular formula is C11H13ClN6O. The van der Waals surface area contributed by atoms with Crippen LogP contribution in [0.4, 0.5) is 5.95 Å². The Morgan fingerprint density at radius 1 is 1.32 bits per heavy atom. The van der Waals surface area contributed by atoms with Gasteiger partial charge in [-0.15, -0.1) is 0 Å². The zero-order chi connectivity index (χ0) is 13.2. The third-order valence-corrected chi connectivity index (χ3v) is 3.09. The summed E-state index contributed by atoms with van der Waals surface area (Å²) in [7, 11) is 0. The van der Waals surface area contributed by atoms with Gasteiger partial charge in [0.1, 0.15) is 0 Å². The molecule has 0 N–H and O–H groups in total. The van der Waals surface area contributed by atoms with E-state index in [9.17, 15) is 0 Å². The normalized spacial score (nSPS) is 19.7. The first-order chi connectivity index (χ1) is 9.24. The van der Waals surface area contributed by atoms with E-state index in [0.717, 1.165) is 6.54 Å². The molecule has 1 fully saturated rings. The maximum atomic E-state index is 5.97. The van der Waals surface area contributed by atoms with Crippen LogP contribution in [0, 0.1) is 0 Å². The molecule has 3 rings (SSSR count). The third-order valence-electron chi connectivity index (χ3n) is 2.92. The number of aromatic nitrogens is 5. The zero-order valence-corrected chi connectivity index (χ0v) is 11.2. The van der Waals surface area contributed by atoms with Gasteiger partial charge in [-0.3, -0.25) is 0 Å². The van der Waals surface area contributed by atoms with E-state index in [0.29, 0.717) is 25.1 Å². The summed E-state index contributed by atoms with van der Waals surface area (Å²) in [5.41, 5.74) is 0. The predicted molar refractivity (Wildman–Crippen MR) is 69.6 cm³/mol.